The maximum atomic E-state index is 12.3. The van der Waals surface area contributed by atoms with E-state index >= 15 is 0 Å². The lowest BCUT2D eigenvalue weighted by atomic mass is 10.1. The summed E-state index contributed by atoms with van der Waals surface area (Å²) in [7, 11) is 1.25. The fourth-order valence-electron chi connectivity index (χ4n) is 2.05. The molecule has 0 unspecified atom stereocenters. The van der Waals surface area contributed by atoms with Crippen molar-refractivity contribution in [2.24, 2.45) is 0 Å². The summed E-state index contributed by atoms with van der Waals surface area (Å²) in [4.78, 5) is 32.4. The predicted octanol–water partition coefficient (Wildman–Crippen LogP) is 2.01. The summed E-state index contributed by atoms with van der Waals surface area (Å²) in [6.07, 6.45) is 0. The Hall–Kier alpha value is -2.87. The standard InChI is InChI=1S/C16H16N4O3S/c1-9-8-10(2)18-15(17-9)20-16(24)19-13(21)11-6-4-5-7-12(11)14(22)23-3/h4-8H,1-3H3,(H2,17,18,19,20,21,24). The highest BCUT2D eigenvalue weighted by Gasteiger charge is 2.18. The van der Waals surface area contributed by atoms with Crippen molar-refractivity contribution in [1.82, 2.24) is 15.3 Å². The number of carbonyl (C=O) groups is 2. The number of amides is 1. The second kappa shape index (κ2) is 7.60. The molecule has 2 N–H and O–H groups in total. The number of rotatable bonds is 3. The van der Waals surface area contributed by atoms with Crippen molar-refractivity contribution in [2.45, 2.75) is 13.8 Å². The summed E-state index contributed by atoms with van der Waals surface area (Å²) >= 11 is 5.10. The van der Waals surface area contributed by atoms with Gasteiger partial charge in [0.05, 0.1) is 18.2 Å². The molecule has 0 spiro atoms. The first kappa shape index (κ1) is 17.5. The lowest BCUT2D eigenvalue weighted by molar-refractivity contribution is 0.0596. The molecule has 0 aliphatic rings. The third kappa shape index (κ3) is 4.32. The zero-order valence-electron chi connectivity index (χ0n) is 13.4. The molecule has 0 radical (unpaired) electrons. The number of ether oxygens (including phenoxy) is 1. The maximum absolute atomic E-state index is 12.3. The highest BCUT2D eigenvalue weighted by molar-refractivity contribution is 7.80. The van der Waals surface area contributed by atoms with Crippen LogP contribution >= 0.6 is 12.2 Å². The van der Waals surface area contributed by atoms with Gasteiger partial charge in [-0.25, -0.2) is 14.8 Å². The Morgan fingerprint density at radius 3 is 2.25 bits per heavy atom. The lowest BCUT2D eigenvalue weighted by Crippen LogP contribution is -2.35. The number of carbonyl (C=O) groups excluding carboxylic acids is 2. The Kier molecular flexibility index (Phi) is 5.54. The van der Waals surface area contributed by atoms with E-state index < -0.39 is 11.9 Å². The van der Waals surface area contributed by atoms with Crippen LogP contribution in [0.5, 0.6) is 0 Å². The van der Waals surface area contributed by atoms with Crippen molar-refractivity contribution in [3.05, 3.63) is 52.8 Å². The van der Waals surface area contributed by atoms with Crippen LogP contribution in [0.3, 0.4) is 0 Å². The van der Waals surface area contributed by atoms with Crippen LogP contribution in [0.1, 0.15) is 32.1 Å². The van der Waals surface area contributed by atoms with Gasteiger partial charge in [0.15, 0.2) is 5.11 Å². The third-order valence-electron chi connectivity index (χ3n) is 3.01. The Morgan fingerprint density at radius 1 is 1.08 bits per heavy atom. The molecule has 1 aromatic heterocycles. The molecule has 0 bridgehead atoms. The first-order valence-corrected chi connectivity index (χ1v) is 7.43. The summed E-state index contributed by atoms with van der Waals surface area (Å²) in [6.45, 7) is 3.65. The van der Waals surface area contributed by atoms with Gasteiger partial charge in [0.1, 0.15) is 0 Å². The SMILES string of the molecule is COC(=O)c1ccccc1C(=O)NC(=S)Nc1nc(C)cc(C)n1. The van der Waals surface area contributed by atoms with E-state index in [1.54, 1.807) is 12.1 Å². The largest absolute Gasteiger partial charge is 0.465 e. The van der Waals surface area contributed by atoms with E-state index in [2.05, 4.69) is 25.3 Å². The fraction of sp³-hybridized carbons (Fsp3) is 0.188. The molecule has 0 aliphatic carbocycles. The van der Waals surface area contributed by atoms with Crippen LogP contribution in [0.25, 0.3) is 0 Å². The van der Waals surface area contributed by atoms with Crippen molar-refractivity contribution in [3.63, 3.8) is 0 Å². The van der Waals surface area contributed by atoms with Crippen LogP contribution in [0.4, 0.5) is 5.95 Å². The van der Waals surface area contributed by atoms with E-state index in [1.807, 2.05) is 19.9 Å². The molecule has 2 rings (SSSR count). The highest BCUT2D eigenvalue weighted by Crippen LogP contribution is 2.10. The summed E-state index contributed by atoms with van der Waals surface area (Å²) < 4.78 is 4.67. The molecular formula is C16H16N4O3S. The second-order valence-corrected chi connectivity index (χ2v) is 5.33. The average Bonchev–Trinajstić information content (AvgIpc) is 2.52. The number of aromatic nitrogens is 2. The van der Waals surface area contributed by atoms with Crippen molar-refractivity contribution in [1.29, 1.82) is 0 Å². The minimum absolute atomic E-state index is 0.0321. The van der Waals surface area contributed by atoms with Gasteiger partial charge in [0.25, 0.3) is 5.91 Å². The molecule has 24 heavy (non-hydrogen) atoms. The molecule has 0 atom stereocenters. The molecule has 1 amide bonds. The molecule has 7 nitrogen and oxygen atoms in total. The molecule has 124 valence electrons. The first-order valence-electron chi connectivity index (χ1n) is 7.02. The summed E-state index contributed by atoms with van der Waals surface area (Å²) in [5, 5.41) is 5.28. The van der Waals surface area contributed by atoms with Crippen molar-refractivity contribution < 1.29 is 14.3 Å². The predicted molar refractivity (Wildman–Crippen MR) is 93.0 cm³/mol. The van der Waals surface area contributed by atoms with Crippen molar-refractivity contribution in [2.75, 3.05) is 12.4 Å². The van der Waals surface area contributed by atoms with E-state index in [1.165, 1.54) is 19.2 Å². The van der Waals surface area contributed by atoms with Gasteiger partial charge in [-0.15, -0.1) is 0 Å². The number of hydrogen-bond acceptors (Lipinski definition) is 6. The summed E-state index contributed by atoms with van der Waals surface area (Å²) in [5.41, 5.74) is 1.86. The van der Waals surface area contributed by atoms with Crippen LogP contribution in [0, 0.1) is 13.8 Å². The quantitative estimate of drug-likeness (QED) is 0.650. The van der Waals surface area contributed by atoms with Crippen LogP contribution in [0.2, 0.25) is 0 Å². The Labute approximate surface area is 144 Å². The first-order chi connectivity index (χ1) is 11.4. The number of benzene rings is 1. The van der Waals surface area contributed by atoms with E-state index in [-0.39, 0.29) is 16.2 Å². The van der Waals surface area contributed by atoms with E-state index in [4.69, 9.17) is 12.2 Å². The lowest BCUT2D eigenvalue weighted by Gasteiger charge is -2.11. The number of nitrogens with one attached hydrogen (secondary N) is 2. The minimum Gasteiger partial charge on any atom is -0.465 e. The van der Waals surface area contributed by atoms with Gasteiger partial charge in [0, 0.05) is 11.4 Å². The number of esters is 1. The zero-order valence-corrected chi connectivity index (χ0v) is 14.2. The topological polar surface area (TPSA) is 93.2 Å². The van der Waals surface area contributed by atoms with Gasteiger partial charge in [-0.3, -0.25) is 10.1 Å². The number of aryl methyl sites for hydroxylation is 2. The number of thiocarbonyl (C=S) groups is 1. The third-order valence-corrected chi connectivity index (χ3v) is 3.22. The van der Waals surface area contributed by atoms with Crippen molar-refractivity contribution in [3.8, 4) is 0 Å². The molecule has 1 heterocycles. The van der Waals surface area contributed by atoms with Gasteiger partial charge in [-0.2, -0.15) is 0 Å². The van der Waals surface area contributed by atoms with Crippen LogP contribution in [-0.4, -0.2) is 34.1 Å². The molecule has 0 fully saturated rings. The second-order valence-electron chi connectivity index (χ2n) is 4.92. The summed E-state index contributed by atoms with van der Waals surface area (Å²) in [6, 6.07) is 8.12. The molecular weight excluding hydrogens is 328 g/mol. The van der Waals surface area contributed by atoms with Crippen LogP contribution in [-0.2, 0) is 4.74 Å². The molecule has 2 aromatic rings. The van der Waals surface area contributed by atoms with E-state index in [0.717, 1.165) is 11.4 Å². The Morgan fingerprint density at radius 2 is 1.67 bits per heavy atom. The molecule has 1 aromatic carbocycles. The van der Waals surface area contributed by atoms with E-state index in [0.29, 0.717) is 5.95 Å². The highest BCUT2D eigenvalue weighted by atomic mass is 32.1. The van der Waals surface area contributed by atoms with Gasteiger partial charge in [-0.05, 0) is 44.3 Å². The van der Waals surface area contributed by atoms with Crippen LogP contribution < -0.4 is 10.6 Å². The maximum Gasteiger partial charge on any atom is 0.338 e. The Balaban J connectivity index is 2.12. The summed E-state index contributed by atoms with van der Waals surface area (Å²) in [5.74, 6) is -0.839. The molecule has 0 saturated heterocycles. The van der Waals surface area contributed by atoms with Gasteiger partial charge < -0.3 is 10.1 Å². The molecule has 0 saturated carbocycles. The molecule has 8 heteroatoms. The average molecular weight is 344 g/mol. The number of hydrogen-bond donors (Lipinski definition) is 2. The zero-order chi connectivity index (χ0) is 17.7. The monoisotopic (exact) mass is 344 g/mol. The van der Waals surface area contributed by atoms with Crippen LogP contribution in [0.15, 0.2) is 30.3 Å². The smallest absolute Gasteiger partial charge is 0.338 e. The van der Waals surface area contributed by atoms with E-state index in [9.17, 15) is 9.59 Å². The number of nitrogens with zero attached hydrogens (tertiary/aromatic N) is 2. The van der Waals surface area contributed by atoms with Gasteiger partial charge in [0.2, 0.25) is 5.95 Å². The van der Waals surface area contributed by atoms with Gasteiger partial charge in [-0.1, -0.05) is 12.1 Å². The fourth-order valence-corrected chi connectivity index (χ4v) is 2.24. The van der Waals surface area contributed by atoms with Gasteiger partial charge >= 0.3 is 5.97 Å². The molecule has 0 aliphatic heterocycles. The normalized spacial score (nSPS) is 9.96. The number of anilines is 1. The number of methoxy groups -OCH3 is 1. The minimum atomic E-state index is -0.600. The van der Waals surface area contributed by atoms with Crippen molar-refractivity contribution >= 4 is 35.2 Å². The Bertz CT molecular complexity index is 787.